The van der Waals surface area contributed by atoms with Gasteiger partial charge < -0.3 is 15.2 Å². The van der Waals surface area contributed by atoms with Crippen LogP contribution in [0.15, 0.2) is 72.9 Å². The first-order valence-electron chi connectivity index (χ1n) is 9.94. The molecule has 4 aromatic rings. The summed E-state index contributed by atoms with van der Waals surface area (Å²) in [5.74, 6) is 1.14. The molecule has 144 valence electrons. The molecule has 0 unspecified atom stereocenters. The molecule has 5 rings (SSSR count). The maximum absolute atomic E-state index is 12.5. The van der Waals surface area contributed by atoms with Crippen LogP contribution in [-0.2, 0) is 19.5 Å². The molecule has 29 heavy (non-hydrogen) atoms. The first-order valence-corrected chi connectivity index (χ1v) is 9.94. The van der Waals surface area contributed by atoms with Crippen molar-refractivity contribution in [3.05, 3.63) is 84.3 Å². The van der Waals surface area contributed by atoms with Crippen LogP contribution >= 0.6 is 0 Å². The number of aromatic nitrogens is 2. The van der Waals surface area contributed by atoms with E-state index in [0.717, 1.165) is 53.1 Å². The fraction of sp³-hybridized carbons (Fsp3) is 0.167. The molecule has 1 aliphatic heterocycles. The van der Waals surface area contributed by atoms with Gasteiger partial charge in [-0.15, -0.1) is 0 Å². The van der Waals surface area contributed by atoms with Crippen LogP contribution < -0.4 is 10.6 Å². The molecule has 1 aliphatic rings. The largest absolute Gasteiger partial charge is 0.334 e. The van der Waals surface area contributed by atoms with E-state index in [4.69, 9.17) is 0 Å². The van der Waals surface area contributed by atoms with Crippen LogP contribution in [0.25, 0.3) is 22.0 Å². The van der Waals surface area contributed by atoms with Crippen molar-refractivity contribution < 1.29 is 4.79 Å². The van der Waals surface area contributed by atoms with Crippen LogP contribution in [0.5, 0.6) is 0 Å². The zero-order chi connectivity index (χ0) is 19.6. The number of urea groups is 1. The van der Waals surface area contributed by atoms with E-state index in [1.165, 1.54) is 5.39 Å². The summed E-state index contributed by atoms with van der Waals surface area (Å²) in [5.41, 5.74) is 4.04. The molecule has 0 saturated heterocycles. The molecule has 2 N–H and O–H groups in total. The number of carbonyl (C=O) groups excluding carboxylic acids is 1. The highest BCUT2D eigenvalue weighted by atomic mass is 16.2. The number of nitrogens with zero attached hydrogens (tertiary/aromatic N) is 2. The number of nitrogens with one attached hydrogen (secondary N) is 2. The first-order chi connectivity index (χ1) is 14.3. The summed E-state index contributed by atoms with van der Waals surface area (Å²) in [4.78, 5) is 17.0. The van der Waals surface area contributed by atoms with Crippen molar-refractivity contribution in [3.63, 3.8) is 0 Å². The van der Waals surface area contributed by atoms with E-state index >= 15 is 0 Å². The van der Waals surface area contributed by atoms with Crippen LogP contribution in [0.4, 0.5) is 10.5 Å². The Morgan fingerprint density at radius 3 is 2.86 bits per heavy atom. The first kappa shape index (κ1) is 17.5. The maximum atomic E-state index is 12.5. The van der Waals surface area contributed by atoms with Crippen molar-refractivity contribution in [2.75, 3.05) is 5.32 Å². The summed E-state index contributed by atoms with van der Waals surface area (Å²) in [7, 11) is 0. The molecule has 0 spiro atoms. The third-order valence-electron chi connectivity index (χ3n) is 5.46. The lowest BCUT2D eigenvalue weighted by Gasteiger charge is -2.11. The molecule has 2 heterocycles. The summed E-state index contributed by atoms with van der Waals surface area (Å²) in [6.07, 6.45) is 4.10. The average molecular weight is 382 g/mol. The fourth-order valence-corrected chi connectivity index (χ4v) is 4.04. The van der Waals surface area contributed by atoms with Crippen molar-refractivity contribution in [2.45, 2.75) is 25.9 Å². The molecule has 5 nitrogen and oxygen atoms in total. The van der Waals surface area contributed by atoms with Gasteiger partial charge in [-0.2, -0.15) is 0 Å². The van der Waals surface area contributed by atoms with Gasteiger partial charge >= 0.3 is 6.03 Å². The van der Waals surface area contributed by atoms with Crippen molar-refractivity contribution in [2.24, 2.45) is 0 Å². The molecular formula is C24H22N4O. The predicted octanol–water partition coefficient (Wildman–Crippen LogP) is 4.97. The lowest BCUT2D eigenvalue weighted by molar-refractivity contribution is 0.252. The van der Waals surface area contributed by atoms with Crippen LogP contribution in [0.2, 0.25) is 0 Å². The molecular weight excluding hydrogens is 360 g/mol. The Bertz CT molecular complexity index is 1190. The predicted molar refractivity (Wildman–Crippen MR) is 116 cm³/mol. The highest BCUT2D eigenvalue weighted by molar-refractivity contribution is 5.91. The number of rotatable bonds is 4. The molecule has 0 bridgehead atoms. The van der Waals surface area contributed by atoms with Crippen molar-refractivity contribution in [3.8, 4) is 11.3 Å². The molecule has 5 heteroatoms. The molecule has 2 amide bonds. The van der Waals surface area contributed by atoms with Gasteiger partial charge in [0, 0.05) is 30.8 Å². The van der Waals surface area contributed by atoms with E-state index in [2.05, 4.69) is 44.5 Å². The highest BCUT2D eigenvalue weighted by Crippen LogP contribution is 2.27. The number of amides is 2. The third-order valence-corrected chi connectivity index (χ3v) is 5.46. The molecule has 0 aliphatic carbocycles. The van der Waals surface area contributed by atoms with Crippen LogP contribution in [0, 0.1) is 0 Å². The van der Waals surface area contributed by atoms with Gasteiger partial charge in [0.15, 0.2) is 0 Å². The second-order valence-electron chi connectivity index (χ2n) is 7.34. The van der Waals surface area contributed by atoms with Gasteiger partial charge in [-0.05, 0) is 34.9 Å². The smallest absolute Gasteiger partial charge is 0.319 e. The molecule has 0 atom stereocenters. The molecule has 0 saturated carbocycles. The van der Waals surface area contributed by atoms with Crippen molar-refractivity contribution in [1.82, 2.24) is 14.9 Å². The Kier molecular flexibility index (Phi) is 4.48. The van der Waals surface area contributed by atoms with Crippen LogP contribution in [-0.4, -0.2) is 15.6 Å². The van der Waals surface area contributed by atoms with E-state index in [1.54, 1.807) is 0 Å². The second kappa shape index (κ2) is 7.43. The Morgan fingerprint density at radius 2 is 1.90 bits per heavy atom. The molecule has 1 aromatic heterocycles. The van der Waals surface area contributed by atoms with Crippen LogP contribution in [0.3, 0.4) is 0 Å². The Hall–Kier alpha value is -3.60. The SMILES string of the molecule is O=C(NCc1cccc2ccccc12)Nc1cccc(-c2cnc3n2CCC3)c1. The monoisotopic (exact) mass is 382 g/mol. The van der Waals surface area contributed by atoms with Gasteiger partial charge in [0.25, 0.3) is 0 Å². The molecule has 3 aromatic carbocycles. The van der Waals surface area contributed by atoms with E-state index < -0.39 is 0 Å². The highest BCUT2D eigenvalue weighted by Gasteiger charge is 2.16. The average Bonchev–Trinajstić information content (AvgIpc) is 3.36. The molecule has 0 fully saturated rings. The quantitative estimate of drug-likeness (QED) is 0.523. The fourth-order valence-electron chi connectivity index (χ4n) is 4.04. The summed E-state index contributed by atoms with van der Waals surface area (Å²) in [6.45, 7) is 1.48. The van der Waals surface area contributed by atoms with Crippen molar-refractivity contribution >= 4 is 22.5 Å². The van der Waals surface area contributed by atoms with Gasteiger partial charge in [0.1, 0.15) is 5.82 Å². The summed E-state index contributed by atoms with van der Waals surface area (Å²) in [5, 5.41) is 8.25. The van der Waals surface area contributed by atoms with Gasteiger partial charge in [0.05, 0.1) is 11.9 Å². The van der Waals surface area contributed by atoms with E-state index in [-0.39, 0.29) is 6.03 Å². The number of carbonyl (C=O) groups is 1. The normalized spacial score (nSPS) is 12.7. The standard InChI is InChI=1S/C24H22N4O/c29-24(26-15-19-9-3-7-17-6-1-2-11-21(17)19)27-20-10-4-8-18(14-20)22-16-25-23-12-5-13-28(22)23/h1-4,6-11,14,16H,5,12-13,15H2,(H2,26,27,29). The van der Waals surface area contributed by atoms with E-state index in [1.807, 2.05) is 48.7 Å². The van der Waals surface area contributed by atoms with Crippen LogP contribution in [0.1, 0.15) is 17.8 Å². The number of benzene rings is 3. The van der Waals surface area contributed by atoms with E-state index in [0.29, 0.717) is 6.54 Å². The summed E-state index contributed by atoms with van der Waals surface area (Å²) < 4.78 is 2.26. The summed E-state index contributed by atoms with van der Waals surface area (Å²) >= 11 is 0. The minimum atomic E-state index is -0.214. The number of hydrogen-bond acceptors (Lipinski definition) is 2. The Balaban J connectivity index is 1.29. The minimum absolute atomic E-state index is 0.214. The minimum Gasteiger partial charge on any atom is -0.334 e. The van der Waals surface area contributed by atoms with Crippen molar-refractivity contribution in [1.29, 1.82) is 0 Å². The number of fused-ring (bicyclic) bond motifs is 2. The third kappa shape index (κ3) is 3.47. The lowest BCUT2D eigenvalue weighted by atomic mass is 10.0. The molecule has 0 radical (unpaired) electrons. The second-order valence-corrected chi connectivity index (χ2v) is 7.34. The van der Waals surface area contributed by atoms with Gasteiger partial charge in [-0.3, -0.25) is 0 Å². The van der Waals surface area contributed by atoms with E-state index in [9.17, 15) is 4.79 Å². The number of aryl methyl sites for hydroxylation is 1. The topological polar surface area (TPSA) is 59.0 Å². The lowest BCUT2D eigenvalue weighted by Crippen LogP contribution is -2.28. The Morgan fingerprint density at radius 1 is 1.03 bits per heavy atom. The zero-order valence-electron chi connectivity index (χ0n) is 16.1. The van der Waals surface area contributed by atoms with Gasteiger partial charge in [0.2, 0.25) is 0 Å². The number of hydrogen-bond donors (Lipinski definition) is 2. The summed E-state index contributed by atoms with van der Waals surface area (Å²) in [6, 6.07) is 22.1. The maximum Gasteiger partial charge on any atom is 0.319 e. The zero-order valence-corrected chi connectivity index (χ0v) is 16.1. The number of imidazole rings is 1. The van der Waals surface area contributed by atoms with Gasteiger partial charge in [-0.1, -0.05) is 54.6 Å². The Labute approximate surface area is 169 Å². The number of anilines is 1. The van der Waals surface area contributed by atoms with Gasteiger partial charge in [-0.25, -0.2) is 9.78 Å².